The standard InChI is InChI=1S/C70H45NO/c1-3-16-50(17-4-1)68-64-23-10-9-21-60(64)62-44-36-52(45-66(62)69(68)51-18-5-2-6-19-51)46-29-37-53(38-30-46)71(55-41-33-49(34-42-55)58-25-14-27-65-63-22-11-12-28-67(63)72-70(58)65)54-39-31-48(32-40-54)57-24-13-26-59-56-20-8-7-15-47(56)35-43-61(57)59/h1-45H. The van der Waals surface area contributed by atoms with Crippen LogP contribution in [0.3, 0.4) is 0 Å². The highest BCUT2D eigenvalue weighted by Crippen LogP contribution is 2.46. The van der Waals surface area contributed by atoms with Crippen molar-refractivity contribution in [3.63, 3.8) is 0 Å². The first-order valence-electron chi connectivity index (χ1n) is 24.7. The predicted molar refractivity (Wildman–Crippen MR) is 306 cm³/mol. The number of hydrogen-bond acceptors (Lipinski definition) is 2. The Morgan fingerprint density at radius 2 is 0.694 bits per heavy atom. The number of fused-ring (bicyclic) bond motifs is 9. The average Bonchev–Trinajstić information content (AvgIpc) is 3.85. The number of nitrogens with zero attached hydrogens (tertiary/aromatic N) is 1. The Hall–Kier alpha value is -9.50. The fraction of sp³-hybridized carbons (Fsp3) is 0. The van der Waals surface area contributed by atoms with Crippen LogP contribution in [0.2, 0.25) is 0 Å². The van der Waals surface area contributed by atoms with Gasteiger partial charge in [0.1, 0.15) is 11.2 Å². The molecule has 14 aromatic rings. The van der Waals surface area contributed by atoms with Gasteiger partial charge in [0.25, 0.3) is 0 Å². The highest BCUT2D eigenvalue weighted by Gasteiger charge is 2.20. The third-order valence-corrected chi connectivity index (χ3v) is 14.7. The molecule has 0 saturated heterocycles. The van der Waals surface area contributed by atoms with Gasteiger partial charge in [0.2, 0.25) is 0 Å². The van der Waals surface area contributed by atoms with Crippen LogP contribution < -0.4 is 4.90 Å². The van der Waals surface area contributed by atoms with Crippen LogP contribution in [0.15, 0.2) is 277 Å². The molecule has 0 amide bonds. The molecule has 72 heavy (non-hydrogen) atoms. The van der Waals surface area contributed by atoms with E-state index in [4.69, 9.17) is 4.42 Å². The predicted octanol–water partition coefficient (Wildman–Crippen LogP) is 20.0. The van der Waals surface area contributed by atoms with E-state index in [-0.39, 0.29) is 0 Å². The number of hydrogen-bond donors (Lipinski definition) is 0. The van der Waals surface area contributed by atoms with E-state index in [2.05, 4.69) is 266 Å². The maximum Gasteiger partial charge on any atom is 0.143 e. The van der Waals surface area contributed by atoms with Gasteiger partial charge < -0.3 is 9.32 Å². The zero-order chi connectivity index (χ0) is 47.5. The van der Waals surface area contributed by atoms with Gasteiger partial charge in [-0.15, -0.1) is 0 Å². The molecule has 0 unspecified atom stereocenters. The lowest BCUT2D eigenvalue weighted by Gasteiger charge is -2.26. The molecular formula is C70H45NO. The van der Waals surface area contributed by atoms with Crippen LogP contribution in [-0.2, 0) is 0 Å². The molecule has 0 saturated carbocycles. The Kier molecular flexibility index (Phi) is 9.89. The quantitative estimate of drug-likeness (QED) is 0.141. The molecule has 13 aromatic carbocycles. The van der Waals surface area contributed by atoms with E-state index in [9.17, 15) is 0 Å². The summed E-state index contributed by atoms with van der Waals surface area (Å²) in [6.07, 6.45) is 0. The van der Waals surface area contributed by atoms with Gasteiger partial charge in [-0.05, 0) is 142 Å². The first kappa shape index (κ1) is 41.5. The summed E-state index contributed by atoms with van der Waals surface area (Å²) in [6.45, 7) is 0. The van der Waals surface area contributed by atoms with Crippen molar-refractivity contribution >= 4 is 82.1 Å². The van der Waals surface area contributed by atoms with Crippen LogP contribution in [0.5, 0.6) is 0 Å². The normalized spacial score (nSPS) is 11.6. The molecule has 1 heterocycles. The van der Waals surface area contributed by atoms with E-state index in [1.807, 2.05) is 12.1 Å². The Bertz CT molecular complexity index is 4340. The van der Waals surface area contributed by atoms with E-state index in [1.165, 1.54) is 82.0 Å². The molecule has 2 heteroatoms. The van der Waals surface area contributed by atoms with Crippen molar-refractivity contribution in [3.8, 4) is 55.6 Å². The van der Waals surface area contributed by atoms with Gasteiger partial charge in [0, 0.05) is 33.4 Å². The minimum atomic E-state index is 0.900. The lowest BCUT2D eigenvalue weighted by molar-refractivity contribution is 0.670. The SMILES string of the molecule is c1ccc(-c2c(-c3ccccc3)c3cc(-c4ccc(N(c5ccc(-c6cccc7c6ccc6ccccc67)cc5)c5ccc(-c6cccc7c6oc6ccccc67)cc5)cc4)ccc3c3ccccc23)cc1. The van der Waals surface area contributed by atoms with Gasteiger partial charge in [-0.2, -0.15) is 0 Å². The summed E-state index contributed by atoms with van der Waals surface area (Å²) in [5.41, 5.74) is 16.8. The summed E-state index contributed by atoms with van der Waals surface area (Å²) in [5.74, 6) is 0. The highest BCUT2D eigenvalue weighted by atomic mass is 16.3. The van der Waals surface area contributed by atoms with E-state index in [1.54, 1.807) is 0 Å². The fourth-order valence-corrected chi connectivity index (χ4v) is 11.3. The topological polar surface area (TPSA) is 16.4 Å². The molecule has 0 bridgehead atoms. The van der Waals surface area contributed by atoms with Crippen molar-refractivity contribution in [2.24, 2.45) is 0 Å². The van der Waals surface area contributed by atoms with Gasteiger partial charge in [0.15, 0.2) is 0 Å². The zero-order valence-corrected chi connectivity index (χ0v) is 39.3. The molecule has 0 N–H and O–H groups in total. The van der Waals surface area contributed by atoms with E-state index in [0.717, 1.165) is 55.7 Å². The average molecular weight is 916 g/mol. The molecule has 0 atom stereocenters. The molecule has 0 radical (unpaired) electrons. The van der Waals surface area contributed by atoms with Crippen molar-refractivity contribution in [3.05, 3.63) is 273 Å². The second-order valence-electron chi connectivity index (χ2n) is 18.7. The lowest BCUT2D eigenvalue weighted by Crippen LogP contribution is -2.09. The van der Waals surface area contributed by atoms with Gasteiger partial charge in [-0.25, -0.2) is 0 Å². The molecule has 336 valence electrons. The zero-order valence-electron chi connectivity index (χ0n) is 39.3. The van der Waals surface area contributed by atoms with Crippen LogP contribution >= 0.6 is 0 Å². The Morgan fingerprint density at radius 1 is 0.236 bits per heavy atom. The molecule has 2 nitrogen and oxygen atoms in total. The Balaban J connectivity index is 0.887. The van der Waals surface area contributed by atoms with Gasteiger partial charge in [-0.3, -0.25) is 0 Å². The molecule has 0 aliphatic heterocycles. The van der Waals surface area contributed by atoms with Crippen LogP contribution in [0.25, 0.3) is 121 Å². The number of para-hydroxylation sites is 2. The smallest absolute Gasteiger partial charge is 0.143 e. The van der Waals surface area contributed by atoms with Gasteiger partial charge in [-0.1, -0.05) is 224 Å². The highest BCUT2D eigenvalue weighted by molar-refractivity contribution is 6.22. The first-order valence-corrected chi connectivity index (χ1v) is 24.7. The molecule has 0 spiro atoms. The van der Waals surface area contributed by atoms with Crippen molar-refractivity contribution in [1.82, 2.24) is 0 Å². The summed E-state index contributed by atoms with van der Waals surface area (Å²) < 4.78 is 6.48. The summed E-state index contributed by atoms with van der Waals surface area (Å²) in [6, 6.07) is 99.2. The molecular weight excluding hydrogens is 871 g/mol. The molecule has 0 aliphatic carbocycles. The largest absolute Gasteiger partial charge is 0.455 e. The summed E-state index contributed by atoms with van der Waals surface area (Å²) in [5, 5.41) is 12.3. The van der Waals surface area contributed by atoms with Crippen molar-refractivity contribution in [2.45, 2.75) is 0 Å². The fourth-order valence-electron chi connectivity index (χ4n) is 11.3. The van der Waals surface area contributed by atoms with E-state index in [0.29, 0.717) is 0 Å². The molecule has 1 aromatic heterocycles. The van der Waals surface area contributed by atoms with E-state index >= 15 is 0 Å². The van der Waals surface area contributed by atoms with Crippen molar-refractivity contribution in [2.75, 3.05) is 4.90 Å². The minimum absolute atomic E-state index is 0.900. The monoisotopic (exact) mass is 915 g/mol. The second kappa shape index (κ2) is 17.2. The minimum Gasteiger partial charge on any atom is -0.455 e. The van der Waals surface area contributed by atoms with Crippen LogP contribution in [-0.4, -0.2) is 0 Å². The summed E-state index contributed by atoms with van der Waals surface area (Å²) >= 11 is 0. The van der Waals surface area contributed by atoms with Crippen LogP contribution in [0, 0.1) is 0 Å². The summed E-state index contributed by atoms with van der Waals surface area (Å²) in [4.78, 5) is 2.36. The lowest BCUT2D eigenvalue weighted by atomic mass is 9.84. The van der Waals surface area contributed by atoms with Crippen molar-refractivity contribution in [1.29, 1.82) is 0 Å². The van der Waals surface area contributed by atoms with Gasteiger partial charge >= 0.3 is 0 Å². The first-order chi connectivity index (χ1) is 35.7. The van der Waals surface area contributed by atoms with E-state index < -0.39 is 0 Å². The maximum absolute atomic E-state index is 6.48. The molecule has 0 fully saturated rings. The number of anilines is 3. The molecule has 14 rings (SSSR count). The second-order valence-corrected chi connectivity index (χ2v) is 18.7. The Labute approximate surface area is 417 Å². The van der Waals surface area contributed by atoms with Crippen LogP contribution in [0.4, 0.5) is 17.1 Å². The molecule has 0 aliphatic rings. The van der Waals surface area contributed by atoms with Gasteiger partial charge in [0.05, 0.1) is 0 Å². The third-order valence-electron chi connectivity index (χ3n) is 14.7. The Morgan fingerprint density at radius 3 is 1.38 bits per heavy atom. The maximum atomic E-state index is 6.48. The number of furan rings is 1. The number of rotatable bonds is 8. The van der Waals surface area contributed by atoms with Crippen LogP contribution in [0.1, 0.15) is 0 Å². The summed E-state index contributed by atoms with van der Waals surface area (Å²) in [7, 11) is 0. The number of benzene rings is 13. The third kappa shape index (κ3) is 6.95. The van der Waals surface area contributed by atoms with Crippen molar-refractivity contribution < 1.29 is 4.42 Å².